The molecule has 4 heteroatoms. The van der Waals surface area contributed by atoms with Crippen LogP contribution in [0.1, 0.15) is 23.1 Å². The van der Waals surface area contributed by atoms with Gasteiger partial charge in [0.15, 0.2) is 0 Å². The molecular formula is C27H24N2O2. The van der Waals surface area contributed by atoms with Crippen molar-refractivity contribution in [1.82, 2.24) is 0 Å². The van der Waals surface area contributed by atoms with Gasteiger partial charge in [-0.15, -0.1) is 0 Å². The van der Waals surface area contributed by atoms with Gasteiger partial charge in [-0.25, -0.2) is 0 Å². The molecule has 0 radical (unpaired) electrons. The molecular weight excluding hydrogens is 384 g/mol. The zero-order valence-corrected chi connectivity index (χ0v) is 17.2. The topological polar surface area (TPSA) is 66.6 Å². The van der Waals surface area contributed by atoms with E-state index in [4.69, 9.17) is 5.73 Å². The summed E-state index contributed by atoms with van der Waals surface area (Å²) in [6.07, 6.45) is 3.14. The summed E-state index contributed by atoms with van der Waals surface area (Å²) in [5, 5.41) is 10.4. The highest BCUT2D eigenvalue weighted by Gasteiger charge is 2.39. The number of carbonyl (C=O) groups is 1. The van der Waals surface area contributed by atoms with Crippen LogP contribution in [0, 0.1) is 11.8 Å². The fraction of sp³-hybridized carbons (Fsp3) is 0.148. The molecule has 31 heavy (non-hydrogen) atoms. The normalized spacial score (nSPS) is 17.2. The maximum Gasteiger partial charge on any atom is 0.249 e. The van der Waals surface area contributed by atoms with Gasteiger partial charge in [0.1, 0.15) is 12.3 Å². The van der Waals surface area contributed by atoms with Crippen molar-refractivity contribution >= 4 is 17.2 Å². The summed E-state index contributed by atoms with van der Waals surface area (Å²) in [6, 6.07) is 27.3. The number of anilines is 1. The van der Waals surface area contributed by atoms with Crippen LogP contribution in [0.3, 0.4) is 0 Å². The molecule has 0 aliphatic carbocycles. The van der Waals surface area contributed by atoms with E-state index in [1.54, 1.807) is 0 Å². The Balaban J connectivity index is 1.86. The highest BCUT2D eigenvalue weighted by atomic mass is 16.3. The quantitative estimate of drug-likeness (QED) is 0.632. The minimum absolute atomic E-state index is 0.238. The van der Waals surface area contributed by atoms with Gasteiger partial charge in [0, 0.05) is 22.4 Å². The number of aliphatic hydroxyl groups is 1. The van der Waals surface area contributed by atoms with E-state index in [2.05, 4.69) is 24.0 Å². The maximum atomic E-state index is 12.4. The molecule has 4 rings (SSSR count). The second kappa shape index (κ2) is 8.91. The molecule has 1 aliphatic heterocycles. The Kier molecular flexibility index (Phi) is 5.88. The Labute approximate surface area is 182 Å². The third-order valence-corrected chi connectivity index (χ3v) is 5.59. The van der Waals surface area contributed by atoms with Gasteiger partial charge < -0.3 is 15.7 Å². The first-order valence-corrected chi connectivity index (χ1v) is 10.3. The van der Waals surface area contributed by atoms with E-state index in [9.17, 15) is 9.90 Å². The van der Waals surface area contributed by atoms with E-state index in [1.807, 2.05) is 83.8 Å². The molecule has 4 nitrogen and oxygen atoms in total. The summed E-state index contributed by atoms with van der Waals surface area (Å²) in [6.45, 7) is -0.238. The summed E-state index contributed by atoms with van der Waals surface area (Å²) in [5.41, 5.74) is 8.79. The van der Waals surface area contributed by atoms with Crippen LogP contribution in [0.5, 0.6) is 0 Å². The molecule has 154 valence electrons. The molecule has 3 aromatic carbocycles. The van der Waals surface area contributed by atoms with Crippen molar-refractivity contribution in [3.63, 3.8) is 0 Å². The van der Waals surface area contributed by atoms with Gasteiger partial charge in [0.05, 0.1) is 0 Å². The molecule has 0 saturated carbocycles. The first kappa shape index (κ1) is 20.5. The molecule has 1 heterocycles. The number of hydrogen-bond acceptors (Lipinski definition) is 3. The third-order valence-electron chi connectivity index (χ3n) is 5.59. The van der Waals surface area contributed by atoms with E-state index < -0.39 is 11.4 Å². The average Bonchev–Trinajstić information content (AvgIpc) is 2.82. The zero-order chi connectivity index (χ0) is 21.7. The number of aliphatic hydroxyl groups excluding tert-OH is 1. The summed E-state index contributed by atoms with van der Waals surface area (Å²) in [7, 11) is 0. The molecule has 1 unspecified atom stereocenters. The number of nitrogens with two attached hydrogens (primary N) is 1. The van der Waals surface area contributed by atoms with E-state index in [-0.39, 0.29) is 6.73 Å². The van der Waals surface area contributed by atoms with Crippen molar-refractivity contribution in [3.05, 3.63) is 108 Å². The van der Waals surface area contributed by atoms with Gasteiger partial charge in [-0.1, -0.05) is 78.6 Å². The van der Waals surface area contributed by atoms with E-state index in [0.717, 1.165) is 23.2 Å². The van der Waals surface area contributed by atoms with Crippen molar-refractivity contribution in [2.24, 2.45) is 5.73 Å². The minimum atomic E-state index is -0.890. The van der Waals surface area contributed by atoms with E-state index in [0.29, 0.717) is 17.6 Å². The lowest BCUT2D eigenvalue weighted by Crippen LogP contribution is -2.50. The van der Waals surface area contributed by atoms with Crippen molar-refractivity contribution in [3.8, 4) is 11.8 Å². The second-order valence-electron chi connectivity index (χ2n) is 7.53. The predicted molar refractivity (Wildman–Crippen MR) is 124 cm³/mol. The van der Waals surface area contributed by atoms with Crippen LogP contribution in [-0.4, -0.2) is 23.3 Å². The van der Waals surface area contributed by atoms with Crippen LogP contribution in [0.15, 0.2) is 91.0 Å². The average molecular weight is 409 g/mol. The van der Waals surface area contributed by atoms with Crippen LogP contribution >= 0.6 is 0 Å². The minimum Gasteiger partial charge on any atom is -0.376 e. The smallest absolute Gasteiger partial charge is 0.249 e. The largest absolute Gasteiger partial charge is 0.376 e. The third kappa shape index (κ3) is 4.23. The summed E-state index contributed by atoms with van der Waals surface area (Å²) < 4.78 is 0. The Morgan fingerprint density at radius 2 is 1.58 bits per heavy atom. The number of fused-ring (bicyclic) bond motifs is 1. The van der Waals surface area contributed by atoms with E-state index >= 15 is 0 Å². The van der Waals surface area contributed by atoms with E-state index in [1.165, 1.54) is 0 Å². The van der Waals surface area contributed by atoms with Crippen LogP contribution in [-0.2, 0) is 11.2 Å². The maximum absolute atomic E-state index is 12.4. The number of carbonyl (C=O) groups excluding carboxylic acids is 1. The first-order valence-electron chi connectivity index (χ1n) is 10.3. The highest BCUT2D eigenvalue weighted by molar-refractivity contribution is 6.21. The van der Waals surface area contributed by atoms with Gasteiger partial charge in [-0.2, -0.15) is 0 Å². The summed E-state index contributed by atoms with van der Waals surface area (Å²) >= 11 is 0. The SMILES string of the molecule is NC(=O)C1=CC(C#Cc2ccccc2)(CCc2ccccc2)N(CO)c2ccccc21. The lowest BCUT2D eigenvalue weighted by atomic mass is 9.81. The van der Waals surface area contributed by atoms with Crippen molar-refractivity contribution < 1.29 is 9.90 Å². The number of benzene rings is 3. The molecule has 3 N–H and O–H groups in total. The Morgan fingerprint density at radius 3 is 2.26 bits per heavy atom. The predicted octanol–water partition coefficient (Wildman–Crippen LogP) is 3.75. The summed E-state index contributed by atoms with van der Waals surface area (Å²) in [5.74, 6) is 6.12. The molecule has 0 fully saturated rings. The number of hydrogen-bond donors (Lipinski definition) is 2. The van der Waals surface area contributed by atoms with Gasteiger partial charge in [-0.05, 0) is 42.7 Å². The Bertz CT molecular complexity index is 1160. The van der Waals surface area contributed by atoms with Gasteiger partial charge >= 0.3 is 0 Å². The van der Waals surface area contributed by atoms with Gasteiger partial charge in [-0.3, -0.25) is 4.79 Å². The highest BCUT2D eigenvalue weighted by Crippen LogP contribution is 2.40. The molecule has 0 saturated heterocycles. The van der Waals surface area contributed by atoms with Crippen LogP contribution < -0.4 is 10.6 Å². The number of para-hydroxylation sites is 1. The number of amides is 1. The molecule has 0 spiro atoms. The molecule has 3 aromatic rings. The fourth-order valence-corrected chi connectivity index (χ4v) is 4.01. The second-order valence-corrected chi connectivity index (χ2v) is 7.53. The van der Waals surface area contributed by atoms with Gasteiger partial charge in [0.2, 0.25) is 5.91 Å². The van der Waals surface area contributed by atoms with Crippen LogP contribution in [0.25, 0.3) is 5.57 Å². The van der Waals surface area contributed by atoms with Crippen LogP contribution in [0.2, 0.25) is 0 Å². The Hall–Kier alpha value is -3.81. The summed E-state index contributed by atoms with van der Waals surface area (Å²) in [4.78, 5) is 14.2. The molecule has 1 aliphatic rings. The van der Waals surface area contributed by atoms with Crippen molar-refractivity contribution in [2.45, 2.75) is 18.4 Å². The standard InChI is InChI=1S/C27H24N2O2/c28-26(31)24-19-27(17-15-21-9-3-1-4-10-21,18-16-22-11-5-2-6-12-22)29(20-30)25-14-8-7-13-23(24)25/h1-14,19,30H,15,17,20H2,(H2,28,31). The number of primary amides is 1. The van der Waals surface area contributed by atoms with Gasteiger partial charge in [0.25, 0.3) is 0 Å². The molecule has 1 atom stereocenters. The fourth-order valence-electron chi connectivity index (χ4n) is 4.01. The van der Waals surface area contributed by atoms with Crippen molar-refractivity contribution in [1.29, 1.82) is 0 Å². The molecule has 1 amide bonds. The van der Waals surface area contributed by atoms with Crippen molar-refractivity contribution in [2.75, 3.05) is 11.6 Å². The number of rotatable bonds is 5. The lowest BCUT2D eigenvalue weighted by molar-refractivity contribution is -0.112. The Morgan fingerprint density at radius 1 is 0.935 bits per heavy atom. The first-order chi connectivity index (χ1) is 15.1. The molecule has 0 bridgehead atoms. The number of aryl methyl sites for hydroxylation is 1. The zero-order valence-electron chi connectivity index (χ0n) is 17.2. The lowest BCUT2D eigenvalue weighted by Gasteiger charge is -2.43. The molecule has 0 aromatic heterocycles. The number of nitrogens with zero attached hydrogens (tertiary/aromatic N) is 1. The monoisotopic (exact) mass is 408 g/mol. The van der Waals surface area contributed by atoms with Crippen LogP contribution in [0.4, 0.5) is 5.69 Å².